The second-order valence-corrected chi connectivity index (χ2v) is 3.71. The number of nitrogens with two attached hydrogens (primary N) is 1. The first kappa shape index (κ1) is 9.76. The lowest BCUT2D eigenvalue weighted by Crippen LogP contribution is -2.27. The predicted octanol–water partition coefficient (Wildman–Crippen LogP) is 0.348. The van der Waals surface area contributed by atoms with Gasteiger partial charge in [-0.2, -0.15) is 0 Å². The van der Waals surface area contributed by atoms with Crippen LogP contribution in [0.25, 0.3) is 0 Å². The Morgan fingerprint density at radius 1 is 1.47 bits per heavy atom. The van der Waals surface area contributed by atoms with Crippen LogP contribution in [0.3, 0.4) is 0 Å². The van der Waals surface area contributed by atoms with E-state index in [1.807, 2.05) is 0 Å². The van der Waals surface area contributed by atoms with Gasteiger partial charge in [0.15, 0.2) is 5.84 Å². The molecule has 0 amide bonds. The maximum Gasteiger partial charge on any atom is 0.259 e. The maximum absolute atomic E-state index is 11.6. The van der Waals surface area contributed by atoms with Gasteiger partial charge in [0.1, 0.15) is 0 Å². The first-order valence-electron chi connectivity index (χ1n) is 4.95. The quantitative estimate of drug-likeness (QED) is 0.268. The highest BCUT2D eigenvalue weighted by atomic mass is 16.4. The van der Waals surface area contributed by atoms with Crippen LogP contribution in [0.4, 0.5) is 0 Å². The molecule has 1 aromatic heterocycles. The number of H-pyrrole nitrogens is 1. The van der Waals surface area contributed by atoms with Crippen molar-refractivity contribution in [3.05, 3.63) is 33.2 Å². The summed E-state index contributed by atoms with van der Waals surface area (Å²) in [6.45, 7) is 0. The fourth-order valence-corrected chi connectivity index (χ4v) is 1.92. The molecule has 0 unspecified atom stereocenters. The monoisotopic (exact) mass is 207 g/mol. The van der Waals surface area contributed by atoms with Crippen LogP contribution >= 0.6 is 0 Å². The van der Waals surface area contributed by atoms with Gasteiger partial charge in [-0.05, 0) is 37.3 Å². The molecule has 0 saturated carbocycles. The summed E-state index contributed by atoms with van der Waals surface area (Å²) in [5, 5.41) is 11.4. The highest BCUT2D eigenvalue weighted by Crippen LogP contribution is 2.18. The number of aromatic nitrogens is 1. The summed E-state index contributed by atoms with van der Waals surface area (Å²) in [6, 6.07) is 1.72. The van der Waals surface area contributed by atoms with Gasteiger partial charge in [0, 0.05) is 5.69 Å². The highest BCUT2D eigenvalue weighted by molar-refractivity contribution is 5.96. The van der Waals surface area contributed by atoms with Crippen molar-refractivity contribution < 1.29 is 5.21 Å². The van der Waals surface area contributed by atoms with Gasteiger partial charge < -0.3 is 15.9 Å². The second-order valence-electron chi connectivity index (χ2n) is 3.71. The van der Waals surface area contributed by atoms with Crippen molar-refractivity contribution in [1.29, 1.82) is 0 Å². The summed E-state index contributed by atoms with van der Waals surface area (Å²) in [5.74, 6) is -0.135. The van der Waals surface area contributed by atoms with E-state index in [1.165, 1.54) is 0 Å². The van der Waals surface area contributed by atoms with Crippen molar-refractivity contribution in [2.75, 3.05) is 0 Å². The van der Waals surface area contributed by atoms with E-state index in [-0.39, 0.29) is 17.0 Å². The van der Waals surface area contributed by atoms with Crippen LogP contribution in [0.1, 0.15) is 29.7 Å². The zero-order valence-corrected chi connectivity index (χ0v) is 8.29. The van der Waals surface area contributed by atoms with Crippen molar-refractivity contribution in [3.8, 4) is 0 Å². The van der Waals surface area contributed by atoms with E-state index in [4.69, 9.17) is 10.9 Å². The SMILES string of the molecule is NC(=NO)c1cc2c([nH]c1=O)CCCC2. The van der Waals surface area contributed by atoms with Gasteiger partial charge in [-0.15, -0.1) is 0 Å². The third-order valence-electron chi connectivity index (χ3n) is 2.72. The Balaban J connectivity index is 2.54. The van der Waals surface area contributed by atoms with E-state index in [0.29, 0.717) is 0 Å². The molecule has 1 aliphatic rings. The second kappa shape index (κ2) is 3.76. The number of hydrogen-bond acceptors (Lipinski definition) is 3. The third kappa shape index (κ3) is 1.72. The molecule has 15 heavy (non-hydrogen) atoms. The zero-order valence-electron chi connectivity index (χ0n) is 8.29. The largest absolute Gasteiger partial charge is 0.409 e. The van der Waals surface area contributed by atoms with Gasteiger partial charge in [-0.25, -0.2) is 0 Å². The highest BCUT2D eigenvalue weighted by Gasteiger charge is 2.14. The molecule has 0 radical (unpaired) electrons. The van der Waals surface area contributed by atoms with Crippen molar-refractivity contribution in [2.24, 2.45) is 10.9 Å². The van der Waals surface area contributed by atoms with Crippen molar-refractivity contribution >= 4 is 5.84 Å². The molecule has 2 rings (SSSR count). The van der Waals surface area contributed by atoms with E-state index in [0.717, 1.165) is 36.9 Å². The summed E-state index contributed by atoms with van der Waals surface area (Å²) < 4.78 is 0. The molecule has 1 heterocycles. The van der Waals surface area contributed by atoms with Gasteiger partial charge in [-0.1, -0.05) is 5.16 Å². The lowest BCUT2D eigenvalue weighted by molar-refractivity contribution is 0.318. The minimum absolute atomic E-state index is 0.135. The number of oxime groups is 1. The lowest BCUT2D eigenvalue weighted by Gasteiger charge is -2.15. The molecule has 0 aliphatic heterocycles. The summed E-state index contributed by atoms with van der Waals surface area (Å²) >= 11 is 0. The van der Waals surface area contributed by atoms with E-state index in [2.05, 4.69) is 10.1 Å². The Kier molecular flexibility index (Phi) is 2.45. The van der Waals surface area contributed by atoms with Crippen molar-refractivity contribution in [1.82, 2.24) is 4.98 Å². The van der Waals surface area contributed by atoms with Crippen LogP contribution < -0.4 is 11.3 Å². The normalized spacial score (nSPS) is 16.1. The number of pyridine rings is 1. The molecule has 1 aromatic rings. The number of nitrogens with zero attached hydrogens (tertiary/aromatic N) is 1. The Morgan fingerprint density at radius 3 is 2.93 bits per heavy atom. The van der Waals surface area contributed by atoms with Gasteiger partial charge in [0.05, 0.1) is 5.56 Å². The summed E-state index contributed by atoms with van der Waals surface area (Å²) in [5.41, 5.74) is 7.46. The summed E-state index contributed by atoms with van der Waals surface area (Å²) in [7, 11) is 0. The van der Waals surface area contributed by atoms with Crippen LogP contribution in [-0.2, 0) is 12.8 Å². The number of fused-ring (bicyclic) bond motifs is 1. The topological polar surface area (TPSA) is 91.5 Å². The molecule has 0 spiro atoms. The number of rotatable bonds is 1. The van der Waals surface area contributed by atoms with Crippen LogP contribution in [0.2, 0.25) is 0 Å². The third-order valence-corrected chi connectivity index (χ3v) is 2.72. The smallest absolute Gasteiger partial charge is 0.259 e. The molecule has 0 saturated heterocycles. The fraction of sp³-hybridized carbons (Fsp3) is 0.400. The van der Waals surface area contributed by atoms with Gasteiger partial charge in [0.2, 0.25) is 0 Å². The number of nitrogens with one attached hydrogen (secondary N) is 1. The minimum atomic E-state index is -0.286. The van der Waals surface area contributed by atoms with Crippen LogP contribution in [0, 0.1) is 0 Å². The molecule has 0 aromatic carbocycles. The Bertz CT molecular complexity index is 462. The van der Waals surface area contributed by atoms with E-state index >= 15 is 0 Å². The maximum atomic E-state index is 11.6. The van der Waals surface area contributed by atoms with E-state index < -0.39 is 0 Å². The van der Waals surface area contributed by atoms with Gasteiger partial charge in [-0.3, -0.25) is 4.79 Å². The number of amidine groups is 1. The minimum Gasteiger partial charge on any atom is -0.409 e. The van der Waals surface area contributed by atoms with Crippen LogP contribution in [-0.4, -0.2) is 16.0 Å². The lowest BCUT2D eigenvalue weighted by atomic mass is 9.95. The molecular weight excluding hydrogens is 194 g/mol. The molecule has 5 heteroatoms. The van der Waals surface area contributed by atoms with Crippen LogP contribution in [0.5, 0.6) is 0 Å². The summed E-state index contributed by atoms with van der Waals surface area (Å²) in [4.78, 5) is 14.3. The summed E-state index contributed by atoms with van der Waals surface area (Å²) in [6.07, 6.45) is 4.07. The Morgan fingerprint density at radius 2 is 2.20 bits per heavy atom. The van der Waals surface area contributed by atoms with E-state index in [9.17, 15) is 4.79 Å². The molecule has 0 atom stereocenters. The number of aromatic amines is 1. The molecule has 1 aliphatic carbocycles. The van der Waals surface area contributed by atoms with Crippen molar-refractivity contribution in [3.63, 3.8) is 0 Å². The molecule has 4 N–H and O–H groups in total. The standard InChI is InChI=1S/C10H13N3O2/c11-9(13-15)7-5-6-3-1-2-4-8(6)12-10(7)14/h5,15H,1-4H2,(H2,11,13)(H,12,14). The number of aryl methyl sites for hydroxylation is 2. The average molecular weight is 207 g/mol. The zero-order chi connectivity index (χ0) is 10.8. The molecule has 0 fully saturated rings. The molecule has 0 bridgehead atoms. The van der Waals surface area contributed by atoms with Gasteiger partial charge >= 0.3 is 0 Å². The van der Waals surface area contributed by atoms with Gasteiger partial charge in [0.25, 0.3) is 5.56 Å². The molecule has 5 nitrogen and oxygen atoms in total. The molecular formula is C10H13N3O2. The predicted molar refractivity (Wildman–Crippen MR) is 56.2 cm³/mol. The Labute approximate surface area is 86.6 Å². The first-order valence-corrected chi connectivity index (χ1v) is 4.95. The van der Waals surface area contributed by atoms with E-state index in [1.54, 1.807) is 6.07 Å². The molecule has 80 valence electrons. The van der Waals surface area contributed by atoms with Crippen molar-refractivity contribution in [2.45, 2.75) is 25.7 Å². The average Bonchev–Trinajstić information content (AvgIpc) is 2.27. The number of hydrogen-bond donors (Lipinski definition) is 3. The first-order chi connectivity index (χ1) is 7.22. The fourth-order valence-electron chi connectivity index (χ4n) is 1.92. The van der Waals surface area contributed by atoms with Crippen LogP contribution in [0.15, 0.2) is 16.0 Å². The Hall–Kier alpha value is -1.78.